The summed E-state index contributed by atoms with van der Waals surface area (Å²) in [4.78, 5) is 18.7. The smallest absolute Gasteiger partial charge is 0.251 e. The number of benzene rings is 2. The Balaban J connectivity index is 0.00000385. The summed E-state index contributed by atoms with van der Waals surface area (Å²) in [6.07, 6.45) is 6.19. The topological polar surface area (TPSA) is 68.8 Å². The van der Waals surface area contributed by atoms with Crippen molar-refractivity contribution in [2.75, 3.05) is 33.7 Å². The van der Waals surface area contributed by atoms with E-state index in [9.17, 15) is 4.79 Å². The van der Waals surface area contributed by atoms with Crippen LogP contribution >= 0.6 is 24.0 Å². The molecule has 3 rings (SSSR count). The second-order valence-corrected chi connectivity index (χ2v) is 8.39. The number of amides is 1. The number of rotatable bonds is 8. The third-order valence-corrected chi connectivity index (χ3v) is 5.90. The molecule has 3 N–H and O–H groups in total. The van der Waals surface area contributed by atoms with Gasteiger partial charge in [-0.05, 0) is 61.2 Å². The fourth-order valence-corrected chi connectivity index (χ4v) is 4.13. The first-order valence-electron chi connectivity index (χ1n) is 11.7. The molecule has 0 radical (unpaired) electrons. The molecule has 1 saturated heterocycles. The highest BCUT2D eigenvalue weighted by atomic mass is 127. The van der Waals surface area contributed by atoms with Crippen molar-refractivity contribution in [3.63, 3.8) is 0 Å². The zero-order valence-corrected chi connectivity index (χ0v) is 22.2. The molecular formula is C26H38IN5O. The Labute approximate surface area is 215 Å². The number of guanidine groups is 1. The van der Waals surface area contributed by atoms with Crippen molar-refractivity contribution in [1.29, 1.82) is 0 Å². The molecule has 2 aromatic carbocycles. The molecule has 0 unspecified atom stereocenters. The van der Waals surface area contributed by atoms with Crippen LogP contribution in [0, 0.1) is 0 Å². The number of aliphatic imine (C=N–C) groups is 1. The Kier molecular flexibility index (Phi) is 12.2. The molecule has 2 aromatic rings. The number of hydrogen-bond acceptors (Lipinski definition) is 3. The van der Waals surface area contributed by atoms with Gasteiger partial charge in [0.05, 0.1) is 0 Å². The Morgan fingerprint density at radius 2 is 1.64 bits per heavy atom. The van der Waals surface area contributed by atoms with Crippen molar-refractivity contribution in [3.05, 3.63) is 70.8 Å². The molecule has 1 heterocycles. The minimum atomic E-state index is -0.0599. The van der Waals surface area contributed by atoms with E-state index >= 15 is 0 Å². The molecule has 6 nitrogen and oxygen atoms in total. The Hall–Kier alpha value is -2.13. The molecule has 0 bridgehead atoms. The Morgan fingerprint density at radius 3 is 2.36 bits per heavy atom. The first kappa shape index (κ1) is 27.1. The molecule has 0 spiro atoms. The molecule has 1 fully saturated rings. The van der Waals surface area contributed by atoms with Crippen LogP contribution in [0.2, 0.25) is 0 Å². The Morgan fingerprint density at radius 1 is 0.939 bits per heavy atom. The standard InChI is InChI=1S/C26H37N5O.HI/c1-27-25(32)24-12-8-9-21(18-24)13-14-29-26(28-2)30-19-22-10-7-11-23(17-22)20-31-15-5-3-4-6-16-31;/h7-12,17-18H,3-6,13-16,19-20H2,1-2H3,(H,27,32)(H2,28,29,30);1H. The van der Waals surface area contributed by atoms with E-state index in [2.05, 4.69) is 50.1 Å². The lowest BCUT2D eigenvalue weighted by Gasteiger charge is -2.20. The van der Waals surface area contributed by atoms with Crippen LogP contribution in [0.1, 0.15) is 52.7 Å². The number of nitrogens with zero attached hydrogens (tertiary/aromatic N) is 2. The van der Waals surface area contributed by atoms with Gasteiger partial charge in [0.25, 0.3) is 5.91 Å². The molecule has 1 aliphatic heterocycles. The summed E-state index contributed by atoms with van der Waals surface area (Å²) in [5.41, 5.74) is 4.45. The maximum absolute atomic E-state index is 11.8. The zero-order valence-electron chi connectivity index (χ0n) is 19.9. The highest BCUT2D eigenvalue weighted by Crippen LogP contribution is 2.14. The second-order valence-electron chi connectivity index (χ2n) is 8.39. The van der Waals surface area contributed by atoms with E-state index in [4.69, 9.17) is 0 Å². The molecule has 1 aliphatic rings. The van der Waals surface area contributed by atoms with Crippen LogP contribution in [0.4, 0.5) is 0 Å². The summed E-state index contributed by atoms with van der Waals surface area (Å²) in [5.74, 6) is 0.723. The van der Waals surface area contributed by atoms with Gasteiger partial charge >= 0.3 is 0 Å². The molecule has 0 atom stereocenters. The summed E-state index contributed by atoms with van der Waals surface area (Å²) in [6.45, 7) is 4.94. The normalized spacial score (nSPS) is 14.7. The average Bonchev–Trinajstić information content (AvgIpc) is 3.10. The van der Waals surface area contributed by atoms with E-state index in [1.165, 1.54) is 49.9 Å². The maximum Gasteiger partial charge on any atom is 0.251 e. The van der Waals surface area contributed by atoms with Crippen molar-refractivity contribution in [1.82, 2.24) is 20.9 Å². The highest BCUT2D eigenvalue weighted by molar-refractivity contribution is 14.0. The van der Waals surface area contributed by atoms with Gasteiger partial charge in [-0.1, -0.05) is 49.2 Å². The van der Waals surface area contributed by atoms with Gasteiger partial charge < -0.3 is 16.0 Å². The minimum absolute atomic E-state index is 0. The Bertz CT molecular complexity index is 894. The van der Waals surface area contributed by atoms with Gasteiger partial charge in [-0.2, -0.15) is 0 Å². The number of likely N-dealkylation sites (tertiary alicyclic amines) is 1. The number of nitrogens with one attached hydrogen (secondary N) is 3. The van der Waals surface area contributed by atoms with Gasteiger partial charge in [-0.25, -0.2) is 0 Å². The van der Waals surface area contributed by atoms with E-state index in [1.54, 1.807) is 14.1 Å². The number of hydrogen-bond donors (Lipinski definition) is 3. The van der Waals surface area contributed by atoms with E-state index < -0.39 is 0 Å². The summed E-state index contributed by atoms with van der Waals surface area (Å²) in [7, 11) is 3.44. The van der Waals surface area contributed by atoms with E-state index in [0.717, 1.165) is 37.6 Å². The quantitative estimate of drug-likeness (QED) is 0.259. The lowest BCUT2D eigenvalue weighted by atomic mass is 10.1. The van der Waals surface area contributed by atoms with Crippen molar-refractivity contribution in [2.24, 2.45) is 4.99 Å². The summed E-state index contributed by atoms with van der Waals surface area (Å²) in [5, 5.41) is 9.45. The van der Waals surface area contributed by atoms with Crippen LogP contribution in [0.25, 0.3) is 0 Å². The van der Waals surface area contributed by atoms with Gasteiger partial charge in [-0.3, -0.25) is 14.7 Å². The van der Waals surface area contributed by atoms with Gasteiger partial charge in [0.1, 0.15) is 0 Å². The van der Waals surface area contributed by atoms with Crippen LogP contribution in [0.3, 0.4) is 0 Å². The first-order valence-corrected chi connectivity index (χ1v) is 11.7. The van der Waals surface area contributed by atoms with E-state index in [-0.39, 0.29) is 29.9 Å². The fourth-order valence-electron chi connectivity index (χ4n) is 4.13. The lowest BCUT2D eigenvalue weighted by molar-refractivity contribution is 0.0963. The van der Waals surface area contributed by atoms with Gasteiger partial charge in [0, 0.05) is 39.3 Å². The molecule has 0 saturated carbocycles. The predicted molar refractivity (Wildman–Crippen MR) is 147 cm³/mol. The maximum atomic E-state index is 11.8. The molecule has 0 aliphatic carbocycles. The largest absolute Gasteiger partial charge is 0.356 e. The van der Waals surface area contributed by atoms with Crippen molar-refractivity contribution < 1.29 is 4.79 Å². The zero-order chi connectivity index (χ0) is 22.6. The average molecular weight is 564 g/mol. The monoisotopic (exact) mass is 563 g/mol. The highest BCUT2D eigenvalue weighted by Gasteiger charge is 2.10. The van der Waals surface area contributed by atoms with Crippen LogP contribution in [-0.4, -0.2) is 50.5 Å². The third-order valence-electron chi connectivity index (χ3n) is 5.90. The second kappa shape index (κ2) is 14.9. The molecule has 7 heteroatoms. The summed E-state index contributed by atoms with van der Waals surface area (Å²) < 4.78 is 0. The SMILES string of the molecule is CN=C(NCCc1cccc(C(=O)NC)c1)NCc1cccc(CN2CCCCCC2)c1.I. The summed E-state index contributed by atoms with van der Waals surface area (Å²) >= 11 is 0. The van der Waals surface area contributed by atoms with Crippen LogP contribution in [0.15, 0.2) is 53.5 Å². The van der Waals surface area contributed by atoms with Crippen molar-refractivity contribution in [3.8, 4) is 0 Å². The molecule has 33 heavy (non-hydrogen) atoms. The predicted octanol–water partition coefficient (Wildman–Crippen LogP) is 3.95. The van der Waals surface area contributed by atoms with Gasteiger partial charge in [-0.15, -0.1) is 24.0 Å². The van der Waals surface area contributed by atoms with Crippen molar-refractivity contribution >= 4 is 35.8 Å². The first-order chi connectivity index (χ1) is 15.7. The fraction of sp³-hybridized carbons (Fsp3) is 0.462. The third kappa shape index (κ3) is 9.33. The molecule has 180 valence electrons. The lowest BCUT2D eigenvalue weighted by Crippen LogP contribution is -2.37. The van der Waals surface area contributed by atoms with E-state index in [1.807, 2.05) is 24.3 Å². The molecule has 1 amide bonds. The van der Waals surface area contributed by atoms with Crippen LogP contribution in [-0.2, 0) is 19.5 Å². The van der Waals surface area contributed by atoms with Gasteiger partial charge in [0.2, 0.25) is 0 Å². The number of halogens is 1. The van der Waals surface area contributed by atoms with Gasteiger partial charge in [0.15, 0.2) is 5.96 Å². The van der Waals surface area contributed by atoms with Crippen LogP contribution < -0.4 is 16.0 Å². The number of carbonyl (C=O) groups is 1. The minimum Gasteiger partial charge on any atom is -0.356 e. The van der Waals surface area contributed by atoms with Crippen LogP contribution in [0.5, 0.6) is 0 Å². The number of carbonyl (C=O) groups excluding carboxylic acids is 1. The van der Waals surface area contributed by atoms with E-state index in [0.29, 0.717) is 5.56 Å². The summed E-state index contributed by atoms with van der Waals surface area (Å²) in [6, 6.07) is 16.6. The van der Waals surface area contributed by atoms with Crippen molar-refractivity contribution in [2.45, 2.75) is 45.2 Å². The molecular weight excluding hydrogens is 525 g/mol. The molecule has 0 aromatic heterocycles.